The Morgan fingerprint density at radius 3 is 2.43 bits per heavy atom. The van der Waals surface area contributed by atoms with Crippen molar-refractivity contribution in [3.05, 3.63) is 83.2 Å². The Morgan fingerprint density at radius 1 is 1.08 bits per heavy atom. The molecule has 1 aliphatic rings. The molecule has 0 radical (unpaired) electrons. The number of nitrogens with one attached hydrogen (secondary N) is 1. The molecule has 1 saturated heterocycles. The number of H-pyrrole nitrogens is 1. The molecule has 10 heteroatoms. The second kappa shape index (κ2) is 9.91. The highest BCUT2D eigenvalue weighted by atomic mass is 16.5. The van der Waals surface area contributed by atoms with Crippen LogP contribution in [0.3, 0.4) is 0 Å². The number of ketones is 1. The van der Waals surface area contributed by atoms with Gasteiger partial charge in [0.25, 0.3) is 11.7 Å². The van der Waals surface area contributed by atoms with Gasteiger partial charge in [-0.15, -0.1) is 0 Å². The first-order valence-electron chi connectivity index (χ1n) is 11.6. The minimum atomic E-state index is -0.642. The number of hydrogen-bond donors (Lipinski definition) is 2. The Labute approximate surface area is 212 Å². The molecule has 37 heavy (non-hydrogen) atoms. The van der Waals surface area contributed by atoms with Crippen LogP contribution in [-0.2, 0) is 4.79 Å². The van der Waals surface area contributed by atoms with Crippen LogP contribution in [0.2, 0.25) is 0 Å². The molecule has 0 bridgehead atoms. The van der Waals surface area contributed by atoms with Crippen molar-refractivity contribution in [3.63, 3.8) is 0 Å². The Bertz CT molecular complexity index is 1560. The van der Waals surface area contributed by atoms with E-state index in [1.165, 1.54) is 31.9 Å². The van der Waals surface area contributed by atoms with Crippen LogP contribution in [0.4, 0.5) is 5.95 Å². The Morgan fingerprint density at radius 2 is 1.78 bits per heavy atom. The molecule has 3 N–H and O–H groups in total. The van der Waals surface area contributed by atoms with Gasteiger partial charge >= 0.3 is 0 Å². The van der Waals surface area contributed by atoms with E-state index >= 15 is 0 Å². The van der Waals surface area contributed by atoms with E-state index in [1.54, 1.807) is 4.90 Å². The van der Waals surface area contributed by atoms with Gasteiger partial charge < -0.3 is 20.4 Å². The van der Waals surface area contributed by atoms with E-state index in [9.17, 15) is 9.59 Å². The van der Waals surface area contributed by atoms with E-state index in [0.717, 1.165) is 11.1 Å². The number of likely N-dealkylation sites (tertiary alicyclic amines) is 1. The fraction of sp³-hybridized carbons (Fsp3) is 0.185. The highest BCUT2D eigenvalue weighted by Gasteiger charge is 2.30. The zero-order chi connectivity index (χ0) is 25.9. The lowest BCUT2D eigenvalue weighted by molar-refractivity contribution is -0.126. The summed E-state index contributed by atoms with van der Waals surface area (Å²) in [5.41, 5.74) is 9.90. The highest BCUT2D eigenvalue weighted by molar-refractivity contribution is 6.45. The van der Waals surface area contributed by atoms with Crippen LogP contribution < -0.4 is 10.5 Å². The van der Waals surface area contributed by atoms with Gasteiger partial charge in [0.1, 0.15) is 5.75 Å². The number of methoxy groups -OCH3 is 1. The number of carbonyl (C=O) groups excluding carboxylic acids is 2. The number of pyridine rings is 1. The fourth-order valence-electron chi connectivity index (χ4n) is 4.55. The summed E-state index contributed by atoms with van der Waals surface area (Å²) < 4.78 is 5.46. The van der Waals surface area contributed by atoms with E-state index in [-0.39, 0.29) is 11.5 Å². The summed E-state index contributed by atoms with van der Waals surface area (Å²) in [5, 5.41) is 0.458. The average molecular weight is 494 g/mol. The third-order valence-corrected chi connectivity index (χ3v) is 6.43. The van der Waals surface area contributed by atoms with Gasteiger partial charge in [-0.25, -0.2) is 14.8 Å². The smallest absolute Gasteiger partial charge is 0.295 e. The first-order chi connectivity index (χ1) is 18.0. The number of piperidine rings is 1. The van der Waals surface area contributed by atoms with Gasteiger partial charge in [0, 0.05) is 37.2 Å². The van der Waals surface area contributed by atoms with Crippen molar-refractivity contribution in [1.82, 2.24) is 24.8 Å². The monoisotopic (exact) mass is 493 g/mol. The molecule has 1 fully saturated rings. The van der Waals surface area contributed by atoms with Gasteiger partial charge in [-0.3, -0.25) is 14.6 Å². The number of fused-ring (bicyclic) bond motifs is 1. The molecule has 0 saturated carbocycles. The average Bonchev–Trinajstić information content (AvgIpc) is 3.39. The lowest BCUT2D eigenvalue weighted by Gasteiger charge is -2.28. The topological polar surface area (TPSA) is 131 Å². The van der Waals surface area contributed by atoms with Crippen LogP contribution >= 0.6 is 0 Å². The molecule has 0 atom stereocenters. The van der Waals surface area contributed by atoms with Crippen molar-refractivity contribution < 1.29 is 14.3 Å². The van der Waals surface area contributed by atoms with Crippen molar-refractivity contribution in [3.8, 4) is 17.0 Å². The summed E-state index contributed by atoms with van der Waals surface area (Å²) in [6.45, 7) is 8.36. The van der Waals surface area contributed by atoms with Crippen molar-refractivity contribution in [2.75, 3.05) is 25.9 Å². The second-order valence-electron chi connectivity index (χ2n) is 8.51. The van der Waals surface area contributed by atoms with Gasteiger partial charge in [-0.2, -0.15) is 0 Å². The molecule has 4 heterocycles. The minimum Gasteiger partial charge on any atom is -0.494 e. The number of amides is 1. The summed E-state index contributed by atoms with van der Waals surface area (Å²) in [7, 11) is 1.48. The normalized spacial score (nSPS) is 13.3. The number of benzene rings is 1. The largest absolute Gasteiger partial charge is 0.494 e. The number of anilines is 1. The number of nitrogens with two attached hydrogens (primary N) is 1. The molecule has 3 aromatic heterocycles. The van der Waals surface area contributed by atoms with Gasteiger partial charge in [0.15, 0.2) is 5.70 Å². The van der Waals surface area contributed by atoms with Crippen molar-refractivity contribution >= 4 is 34.2 Å². The van der Waals surface area contributed by atoms with Crippen LogP contribution in [0.1, 0.15) is 28.8 Å². The molecule has 4 aromatic rings. The van der Waals surface area contributed by atoms with Gasteiger partial charge in [0.05, 0.1) is 42.0 Å². The number of aromatic amines is 1. The molecule has 0 aliphatic carbocycles. The standard InChI is InChI=1S/C27H23N7O3/c1-29-22(16-6-4-3-5-7-16)17-8-10-34(11-9-17)26(36)25(35)19-14-30-24-21(19)20(37-2)15-31-23(24)18-12-32-27(28)33-13-18/h3-7,12-15,30H,8-11H2,2H3,(H2,28,32,33). The van der Waals surface area contributed by atoms with Crippen molar-refractivity contribution in [2.45, 2.75) is 12.8 Å². The van der Waals surface area contributed by atoms with Gasteiger partial charge in [-0.05, 0) is 18.4 Å². The predicted molar refractivity (Wildman–Crippen MR) is 138 cm³/mol. The maximum absolute atomic E-state index is 13.4. The number of carbonyl (C=O) groups is 2. The summed E-state index contributed by atoms with van der Waals surface area (Å²) in [6, 6.07) is 9.52. The van der Waals surface area contributed by atoms with E-state index in [4.69, 9.17) is 17.0 Å². The number of rotatable bonds is 5. The first kappa shape index (κ1) is 23.7. The molecule has 0 spiro atoms. The molecule has 10 nitrogen and oxygen atoms in total. The Hall–Kier alpha value is -5.04. The number of hydrogen-bond acceptors (Lipinski definition) is 7. The molecular formula is C27H23N7O3. The fourth-order valence-corrected chi connectivity index (χ4v) is 4.55. The van der Waals surface area contributed by atoms with Crippen LogP contribution in [-0.4, -0.2) is 56.7 Å². The van der Waals surface area contributed by atoms with Crippen LogP contribution in [0.25, 0.3) is 32.7 Å². The van der Waals surface area contributed by atoms with E-state index in [0.29, 0.717) is 59.5 Å². The lowest BCUT2D eigenvalue weighted by Crippen LogP contribution is -2.40. The number of nitrogen functional groups attached to an aromatic ring is 1. The van der Waals surface area contributed by atoms with Crippen molar-refractivity contribution in [2.24, 2.45) is 0 Å². The maximum Gasteiger partial charge on any atom is 0.295 e. The SMILES string of the molecule is [C-]#[N+]C(=C1CCN(C(=O)C(=O)c2c[nH]c3c(-c4cnc(N)nc4)ncc(OC)c23)CC1)c1ccccc1. The molecule has 1 aromatic carbocycles. The molecule has 0 unspecified atom stereocenters. The quantitative estimate of drug-likeness (QED) is 0.246. The zero-order valence-corrected chi connectivity index (χ0v) is 20.1. The van der Waals surface area contributed by atoms with Gasteiger partial charge in [0.2, 0.25) is 5.95 Å². The summed E-state index contributed by atoms with van der Waals surface area (Å²) in [4.78, 5) is 47.4. The third-order valence-electron chi connectivity index (χ3n) is 6.43. The number of nitrogens with zero attached hydrogens (tertiary/aromatic N) is 5. The Balaban J connectivity index is 1.42. The lowest BCUT2D eigenvalue weighted by atomic mass is 9.97. The summed E-state index contributed by atoms with van der Waals surface area (Å²) >= 11 is 0. The number of ether oxygens (including phenoxy) is 1. The molecule has 5 rings (SSSR count). The zero-order valence-electron chi connectivity index (χ0n) is 20.1. The summed E-state index contributed by atoms with van der Waals surface area (Å²) in [6.07, 6.45) is 7.14. The maximum atomic E-state index is 13.4. The Kier molecular flexibility index (Phi) is 6.34. The second-order valence-corrected chi connectivity index (χ2v) is 8.51. The first-order valence-corrected chi connectivity index (χ1v) is 11.6. The third kappa shape index (κ3) is 4.38. The van der Waals surface area contributed by atoms with E-state index in [1.807, 2.05) is 30.3 Å². The molecule has 184 valence electrons. The molecule has 1 aliphatic heterocycles. The van der Waals surface area contributed by atoms with Crippen LogP contribution in [0.15, 0.2) is 60.7 Å². The van der Waals surface area contributed by atoms with E-state index < -0.39 is 11.7 Å². The molecule has 1 amide bonds. The van der Waals surface area contributed by atoms with Gasteiger partial charge in [-0.1, -0.05) is 35.9 Å². The van der Waals surface area contributed by atoms with Crippen LogP contribution in [0, 0.1) is 6.57 Å². The highest BCUT2D eigenvalue weighted by Crippen LogP contribution is 2.35. The number of Topliss-reactive ketones (excluding diaryl/α,β-unsaturated/α-hetero) is 1. The van der Waals surface area contributed by atoms with Crippen molar-refractivity contribution in [1.29, 1.82) is 0 Å². The molecular weight excluding hydrogens is 470 g/mol. The summed E-state index contributed by atoms with van der Waals surface area (Å²) in [5.74, 6) is -0.745. The van der Waals surface area contributed by atoms with Crippen LogP contribution in [0.5, 0.6) is 5.75 Å². The predicted octanol–water partition coefficient (Wildman–Crippen LogP) is 3.75. The van der Waals surface area contributed by atoms with E-state index in [2.05, 4.69) is 24.8 Å². The number of aromatic nitrogens is 4. The minimum absolute atomic E-state index is 0.133.